The van der Waals surface area contributed by atoms with E-state index in [0.717, 1.165) is 25.2 Å². The monoisotopic (exact) mass is 194 g/mol. The first-order chi connectivity index (χ1) is 6.70. The molecule has 0 amide bonds. The van der Waals surface area contributed by atoms with Crippen LogP contribution in [0, 0.1) is 6.92 Å². The average Bonchev–Trinajstić information content (AvgIpc) is 2.77. The summed E-state index contributed by atoms with van der Waals surface area (Å²) in [6.07, 6.45) is 5.79. The van der Waals surface area contributed by atoms with Crippen molar-refractivity contribution in [3.63, 3.8) is 0 Å². The lowest BCUT2D eigenvalue weighted by Crippen LogP contribution is -2.37. The molecule has 1 atom stereocenters. The van der Waals surface area contributed by atoms with Gasteiger partial charge in [-0.1, -0.05) is 0 Å². The molecule has 0 aliphatic carbocycles. The molecule has 1 aliphatic heterocycles. The van der Waals surface area contributed by atoms with Crippen molar-refractivity contribution in [1.82, 2.24) is 9.88 Å². The lowest BCUT2D eigenvalue weighted by Gasteiger charge is -2.05. The van der Waals surface area contributed by atoms with Crippen LogP contribution in [0.4, 0.5) is 0 Å². The summed E-state index contributed by atoms with van der Waals surface area (Å²) >= 11 is 0. The molecule has 0 radical (unpaired) electrons. The summed E-state index contributed by atoms with van der Waals surface area (Å²) < 4.78 is 3.68. The molecule has 0 saturated carbocycles. The first kappa shape index (κ1) is 9.40. The number of carbonyl (C=O) groups is 1. The second kappa shape index (κ2) is 3.53. The first-order valence-corrected chi connectivity index (χ1v) is 5.01. The molecule has 4 nitrogen and oxygen atoms in total. The van der Waals surface area contributed by atoms with Gasteiger partial charge in [0.05, 0.1) is 7.05 Å². The zero-order valence-corrected chi connectivity index (χ0v) is 8.66. The van der Waals surface area contributed by atoms with E-state index in [1.165, 1.54) is 0 Å². The zero-order valence-electron chi connectivity index (χ0n) is 8.66. The summed E-state index contributed by atoms with van der Waals surface area (Å²) in [7, 11) is 1.95. The van der Waals surface area contributed by atoms with Crippen LogP contribution in [0.5, 0.6) is 0 Å². The smallest absolute Gasteiger partial charge is 0.304 e. The number of nitrogens with one attached hydrogen (secondary N) is 1. The maximum Gasteiger partial charge on any atom is 0.331 e. The average molecular weight is 194 g/mol. The normalized spacial score (nSPS) is 21.4. The molecule has 4 heteroatoms. The number of hydrogen-bond donors (Lipinski definition) is 1. The highest BCUT2D eigenvalue weighted by atomic mass is 16.2. The predicted octanol–water partition coefficient (Wildman–Crippen LogP) is 0.0132. The molecule has 2 heterocycles. The third-order valence-corrected chi connectivity index (χ3v) is 2.89. The minimum Gasteiger partial charge on any atom is -0.304 e. The molecule has 76 valence electrons. The van der Waals surface area contributed by atoms with Gasteiger partial charge in [0.25, 0.3) is 5.82 Å². The van der Waals surface area contributed by atoms with Crippen molar-refractivity contribution in [2.24, 2.45) is 7.05 Å². The lowest BCUT2D eigenvalue weighted by atomic mass is 10.2. The van der Waals surface area contributed by atoms with Crippen LogP contribution in [-0.4, -0.2) is 23.1 Å². The molecule has 0 aromatic carbocycles. The van der Waals surface area contributed by atoms with Gasteiger partial charge in [0.2, 0.25) is 0 Å². The largest absolute Gasteiger partial charge is 0.331 e. The lowest BCUT2D eigenvalue weighted by molar-refractivity contribution is -0.676. The van der Waals surface area contributed by atoms with Crippen molar-refractivity contribution in [1.29, 1.82) is 0 Å². The van der Waals surface area contributed by atoms with Crippen molar-refractivity contribution >= 4 is 5.91 Å². The predicted molar refractivity (Wildman–Crippen MR) is 52.0 cm³/mol. The van der Waals surface area contributed by atoms with Gasteiger partial charge in [-0.3, -0.25) is 0 Å². The standard InChI is InChI=1S/C10H16N3O/c1-8-12(2)6-7-13(8)10(14)9-4-3-5-11-9/h6-7,9,11H,3-5H2,1-2H3/q+1/t9-/m1/s1. The molecule has 14 heavy (non-hydrogen) atoms. The summed E-state index contributed by atoms with van der Waals surface area (Å²) in [5, 5.41) is 3.21. The minimum atomic E-state index is 0.0149. The molecule has 1 aliphatic rings. The summed E-state index contributed by atoms with van der Waals surface area (Å²) in [6.45, 7) is 2.91. The Kier molecular flexibility index (Phi) is 2.37. The molecule has 1 saturated heterocycles. The number of hydrogen-bond acceptors (Lipinski definition) is 2. The molecule has 0 bridgehead atoms. The number of aryl methyl sites for hydroxylation is 1. The molecule has 0 unspecified atom stereocenters. The highest BCUT2D eigenvalue weighted by Gasteiger charge is 2.28. The third-order valence-electron chi connectivity index (χ3n) is 2.89. The number of nitrogens with zero attached hydrogens (tertiary/aromatic N) is 2. The van der Waals surface area contributed by atoms with E-state index in [2.05, 4.69) is 5.32 Å². The zero-order chi connectivity index (χ0) is 10.1. The maximum absolute atomic E-state index is 12.0. The van der Waals surface area contributed by atoms with E-state index < -0.39 is 0 Å². The van der Waals surface area contributed by atoms with Crippen molar-refractivity contribution < 1.29 is 9.36 Å². The van der Waals surface area contributed by atoms with E-state index in [1.54, 1.807) is 4.57 Å². The van der Waals surface area contributed by atoms with Gasteiger partial charge in [-0.25, -0.2) is 9.36 Å². The Labute approximate surface area is 83.5 Å². The van der Waals surface area contributed by atoms with Crippen LogP contribution in [0.2, 0.25) is 0 Å². The second-order valence-corrected chi connectivity index (χ2v) is 3.81. The van der Waals surface area contributed by atoms with Crippen LogP contribution in [0.15, 0.2) is 12.4 Å². The van der Waals surface area contributed by atoms with Crippen LogP contribution >= 0.6 is 0 Å². The third kappa shape index (κ3) is 1.46. The van der Waals surface area contributed by atoms with E-state index in [4.69, 9.17) is 0 Å². The fourth-order valence-corrected chi connectivity index (χ4v) is 1.85. The van der Waals surface area contributed by atoms with E-state index in [9.17, 15) is 4.79 Å². The Balaban J connectivity index is 2.22. The van der Waals surface area contributed by atoms with E-state index >= 15 is 0 Å². The fourth-order valence-electron chi connectivity index (χ4n) is 1.85. The van der Waals surface area contributed by atoms with Crippen LogP contribution in [0.1, 0.15) is 23.5 Å². The second-order valence-electron chi connectivity index (χ2n) is 3.81. The molecule has 2 rings (SSSR count). The van der Waals surface area contributed by atoms with Crippen LogP contribution in [-0.2, 0) is 7.05 Å². The van der Waals surface area contributed by atoms with Gasteiger partial charge < -0.3 is 5.32 Å². The molecule has 1 fully saturated rings. The Bertz CT molecular complexity index is 350. The van der Waals surface area contributed by atoms with Crippen LogP contribution in [0.3, 0.4) is 0 Å². The molecule has 1 aromatic heterocycles. The summed E-state index contributed by atoms with van der Waals surface area (Å²) in [5.41, 5.74) is 0. The van der Waals surface area contributed by atoms with Crippen molar-refractivity contribution in [3.8, 4) is 0 Å². The Morgan fingerprint density at radius 1 is 1.71 bits per heavy atom. The van der Waals surface area contributed by atoms with Gasteiger partial charge >= 0.3 is 5.91 Å². The summed E-state index contributed by atoms with van der Waals surface area (Å²) in [6, 6.07) is 0.0149. The quantitative estimate of drug-likeness (QED) is 0.640. The number of carbonyl (C=O) groups excluding carboxylic acids is 1. The van der Waals surface area contributed by atoms with E-state index in [-0.39, 0.29) is 11.9 Å². The van der Waals surface area contributed by atoms with E-state index in [0.29, 0.717) is 0 Å². The Morgan fingerprint density at radius 3 is 3.00 bits per heavy atom. The maximum atomic E-state index is 12.0. The molecular weight excluding hydrogens is 178 g/mol. The van der Waals surface area contributed by atoms with Gasteiger partial charge in [-0.2, -0.15) is 4.57 Å². The van der Waals surface area contributed by atoms with Crippen LogP contribution < -0.4 is 9.88 Å². The SMILES string of the molecule is Cc1n(C(=O)[C@H]2CCCN2)cc[n+]1C. The van der Waals surface area contributed by atoms with Crippen molar-refractivity contribution in [2.45, 2.75) is 25.8 Å². The molecule has 1 N–H and O–H groups in total. The summed E-state index contributed by atoms with van der Waals surface area (Å²) in [4.78, 5) is 12.0. The number of imidazole rings is 1. The van der Waals surface area contributed by atoms with Crippen molar-refractivity contribution in [3.05, 3.63) is 18.2 Å². The number of rotatable bonds is 1. The highest BCUT2D eigenvalue weighted by Crippen LogP contribution is 2.08. The Hall–Kier alpha value is -1.16. The first-order valence-electron chi connectivity index (χ1n) is 5.01. The van der Waals surface area contributed by atoms with Gasteiger partial charge in [0, 0.05) is 6.92 Å². The summed E-state index contributed by atoms with van der Waals surface area (Å²) in [5.74, 6) is 1.14. The molecule has 1 aromatic rings. The van der Waals surface area contributed by atoms with Crippen molar-refractivity contribution in [2.75, 3.05) is 6.54 Å². The van der Waals surface area contributed by atoms with Gasteiger partial charge in [-0.05, 0) is 19.4 Å². The Morgan fingerprint density at radius 2 is 2.50 bits per heavy atom. The van der Waals surface area contributed by atoms with Crippen LogP contribution in [0.25, 0.3) is 0 Å². The molecule has 0 spiro atoms. The molecular formula is C10H16N3O+. The fraction of sp³-hybridized carbons (Fsp3) is 0.600. The van der Waals surface area contributed by atoms with Gasteiger partial charge in [-0.15, -0.1) is 0 Å². The topological polar surface area (TPSA) is 37.9 Å². The van der Waals surface area contributed by atoms with E-state index in [1.807, 2.05) is 30.9 Å². The number of aromatic nitrogens is 2. The van der Waals surface area contributed by atoms with Gasteiger partial charge in [0.1, 0.15) is 18.4 Å². The highest BCUT2D eigenvalue weighted by molar-refractivity contribution is 5.84. The van der Waals surface area contributed by atoms with Gasteiger partial charge in [0.15, 0.2) is 0 Å². The minimum absolute atomic E-state index is 0.0149.